The summed E-state index contributed by atoms with van der Waals surface area (Å²) in [5.74, 6) is -1.89. The van der Waals surface area contributed by atoms with Gasteiger partial charge in [0.15, 0.2) is 6.04 Å². The molecule has 88 valence electrons. The van der Waals surface area contributed by atoms with E-state index in [4.69, 9.17) is 10.8 Å². The minimum Gasteiger partial charge on any atom is -0.480 e. The molecule has 6 heteroatoms. The van der Waals surface area contributed by atoms with Crippen molar-refractivity contribution >= 4 is 11.9 Å². The second-order valence-electron chi connectivity index (χ2n) is 3.54. The second-order valence-corrected chi connectivity index (χ2v) is 3.54. The van der Waals surface area contributed by atoms with Crippen LogP contribution < -0.4 is 5.73 Å². The Balaban J connectivity index is 2.43. The number of hydrogen-bond acceptors (Lipinski definition) is 3. The molecule has 6 nitrogen and oxygen atoms in total. The first-order chi connectivity index (χ1) is 7.52. The SMILES string of the molecule is CN(CCc1cc[nH]c1)C(=O)C(N)C(=O)O. The molecule has 0 aliphatic heterocycles. The van der Waals surface area contributed by atoms with Crippen LogP contribution in [0.4, 0.5) is 0 Å². The number of likely N-dealkylation sites (N-methyl/N-ethyl adjacent to an activating group) is 1. The lowest BCUT2D eigenvalue weighted by Crippen LogP contribution is -2.47. The standard InChI is InChI=1S/C10H15N3O3/c1-13(9(14)8(11)10(15)16)5-3-7-2-4-12-6-7/h2,4,6,8,12H,3,5,11H2,1H3,(H,15,16). The molecular formula is C10H15N3O3. The van der Waals surface area contributed by atoms with E-state index in [-0.39, 0.29) is 0 Å². The Morgan fingerprint density at radius 3 is 2.81 bits per heavy atom. The molecule has 0 fully saturated rings. The summed E-state index contributed by atoms with van der Waals surface area (Å²) in [6.07, 6.45) is 4.29. The molecule has 1 atom stereocenters. The lowest BCUT2D eigenvalue weighted by molar-refractivity contribution is -0.145. The molecule has 4 N–H and O–H groups in total. The summed E-state index contributed by atoms with van der Waals surface area (Å²) in [7, 11) is 1.54. The number of hydrogen-bond donors (Lipinski definition) is 3. The van der Waals surface area contributed by atoms with E-state index in [1.165, 1.54) is 11.9 Å². The summed E-state index contributed by atoms with van der Waals surface area (Å²) in [4.78, 5) is 26.2. The van der Waals surface area contributed by atoms with Crippen molar-refractivity contribution in [1.29, 1.82) is 0 Å². The summed E-state index contributed by atoms with van der Waals surface area (Å²) >= 11 is 0. The van der Waals surface area contributed by atoms with E-state index in [2.05, 4.69) is 4.98 Å². The van der Waals surface area contributed by atoms with Crippen LogP contribution in [0.15, 0.2) is 18.5 Å². The van der Waals surface area contributed by atoms with Gasteiger partial charge in [0.05, 0.1) is 0 Å². The third kappa shape index (κ3) is 3.09. The van der Waals surface area contributed by atoms with Gasteiger partial charge in [0.2, 0.25) is 0 Å². The number of aromatic amines is 1. The van der Waals surface area contributed by atoms with Crippen molar-refractivity contribution in [2.24, 2.45) is 5.73 Å². The summed E-state index contributed by atoms with van der Waals surface area (Å²) in [5, 5.41) is 8.58. The number of nitrogens with one attached hydrogen (secondary N) is 1. The smallest absolute Gasteiger partial charge is 0.330 e. The van der Waals surface area contributed by atoms with Gasteiger partial charge in [0, 0.05) is 26.0 Å². The van der Waals surface area contributed by atoms with E-state index < -0.39 is 17.9 Å². The zero-order valence-electron chi connectivity index (χ0n) is 9.01. The molecule has 0 radical (unpaired) electrons. The fraction of sp³-hybridized carbons (Fsp3) is 0.400. The van der Waals surface area contributed by atoms with Crippen LogP contribution in [0.5, 0.6) is 0 Å². The van der Waals surface area contributed by atoms with Gasteiger partial charge in [-0.2, -0.15) is 0 Å². The van der Waals surface area contributed by atoms with Crippen LogP contribution in [-0.4, -0.2) is 46.5 Å². The maximum absolute atomic E-state index is 11.5. The van der Waals surface area contributed by atoms with Gasteiger partial charge < -0.3 is 20.7 Å². The number of carbonyl (C=O) groups is 2. The van der Waals surface area contributed by atoms with Crippen LogP contribution in [0.25, 0.3) is 0 Å². The van der Waals surface area contributed by atoms with Crippen LogP contribution in [0, 0.1) is 0 Å². The number of carboxylic acids is 1. The van der Waals surface area contributed by atoms with Gasteiger partial charge in [0.1, 0.15) is 0 Å². The Morgan fingerprint density at radius 1 is 1.62 bits per heavy atom. The highest BCUT2D eigenvalue weighted by molar-refractivity contribution is 6.00. The van der Waals surface area contributed by atoms with Gasteiger partial charge in [-0.1, -0.05) is 0 Å². The maximum atomic E-state index is 11.5. The molecule has 1 unspecified atom stereocenters. The largest absolute Gasteiger partial charge is 0.480 e. The molecule has 1 aromatic heterocycles. The molecule has 1 aromatic rings. The molecular weight excluding hydrogens is 210 g/mol. The highest BCUT2D eigenvalue weighted by Gasteiger charge is 2.24. The summed E-state index contributed by atoms with van der Waals surface area (Å²) in [6.45, 7) is 0.442. The fourth-order valence-electron chi connectivity index (χ4n) is 1.26. The van der Waals surface area contributed by atoms with E-state index in [0.717, 1.165) is 5.56 Å². The molecule has 1 rings (SSSR count). The number of nitrogens with zero attached hydrogens (tertiary/aromatic N) is 1. The van der Waals surface area contributed by atoms with Crippen LogP contribution in [0.3, 0.4) is 0 Å². The zero-order chi connectivity index (χ0) is 12.1. The zero-order valence-corrected chi connectivity index (χ0v) is 9.01. The third-order valence-corrected chi connectivity index (χ3v) is 2.31. The van der Waals surface area contributed by atoms with Gasteiger partial charge in [-0.25, -0.2) is 4.79 Å². The molecule has 0 aromatic carbocycles. The van der Waals surface area contributed by atoms with E-state index in [1.54, 1.807) is 6.20 Å². The predicted molar refractivity (Wildman–Crippen MR) is 57.7 cm³/mol. The van der Waals surface area contributed by atoms with E-state index in [1.807, 2.05) is 12.3 Å². The van der Waals surface area contributed by atoms with Gasteiger partial charge in [-0.05, 0) is 18.1 Å². The van der Waals surface area contributed by atoms with Crippen LogP contribution in [0.2, 0.25) is 0 Å². The minimum atomic E-state index is -1.48. The number of nitrogens with two attached hydrogens (primary N) is 1. The Kier molecular flexibility index (Phi) is 4.07. The molecule has 0 spiro atoms. The topological polar surface area (TPSA) is 99.4 Å². The van der Waals surface area contributed by atoms with E-state index in [0.29, 0.717) is 13.0 Å². The average molecular weight is 225 g/mol. The Morgan fingerprint density at radius 2 is 2.31 bits per heavy atom. The maximum Gasteiger partial charge on any atom is 0.330 e. The molecule has 16 heavy (non-hydrogen) atoms. The van der Waals surface area contributed by atoms with Crippen molar-refractivity contribution in [2.45, 2.75) is 12.5 Å². The number of aromatic nitrogens is 1. The molecule has 0 bridgehead atoms. The molecule has 0 saturated heterocycles. The number of rotatable bonds is 5. The van der Waals surface area contributed by atoms with Gasteiger partial charge in [-0.3, -0.25) is 4.79 Å². The molecule has 0 saturated carbocycles. The van der Waals surface area contributed by atoms with Crippen molar-refractivity contribution in [1.82, 2.24) is 9.88 Å². The Hall–Kier alpha value is -1.82. The van der Waals surface area contributed by atoms with Crippen molar-refractivity contribution < 1.29 is 14.7 Å². The molecule has 1 amide bonds. The highest BCUT2D eigenvalue weighted by Crippen LogP contribution is 2.00. The second kappa shape index (κ2) is 5.32. The number of carbonyl (C=O) groups excluding carboxylic acids is 1. The first-order valence-corrected chi connectivity index (χ1v) is 4.87. The normalized spacial score (nSPS) is 12.1. The van der Waals surface area contributed by atoms with Crippen LogP contribution in [-0.2, 0) is 16.0 Å². The summed E-state index contributed by atoms with van der Waals surface area (Å²) in [5.41, 5.74) is 6.27. The Labute approximate surface area is 93.0 Å². The number of H-pyrrole nitrogens is 1. The van der Waals surface area contributed by atoms with Crippen LogP contribution >= 0.6 is 0 Å². The number of carboxylic acid groups (broad SMARTS) is 1. The number of amides is 1. The van der Waals surface area contributed by atoms with Crippen molar-refractivity contribution in [3.8, 4) is 0 Å². The first kappa shape index (κ1) is 12.3. The van der Waals surface area contributed by atoms with E-state index >= 15 is 0 Å². The lowest BCUT2D eigenvalue weighted by Gasteiger charge is -2.18. The monoisotopic (exact) mass is 225 g/mol. The van der Waals surface area contributed by atoms with Gasteiger partial charge >= 0.3 is 5.97 Å². The summed E-state index contributed by atoms with van der Waals surface area (Å²) in [6, 6.07) is 0.423. The van der Waals surface area contributed by atoms with Crippen molar-refractivity contribution in [2.75, 3.05) is 13.6 Å². The average Bonchev–Trinajstić information content (AvgIpc) is 2.76. The fourth-order valence-corrected chi connectivity index (χ4v) is 1.26. The Bertz CT molecular complexity index is 361. The molecule has 1 heterocycles. The van der Waals surface area contributed by atoms with Crippen LogP contribution in [0.1, 0.15) is 5.56 Å². The highest BCUT2D eigenvalue weighted by atomic mass is 16.4. The van der Waals surface area contributed by atoms with Gasteiger partial charge in [-0.15, -0.1) is 0 Å². The van der Waals surface area contributed by atoms with Crippen molar-refractivity contribution in [3.05, 3.63) is 24.0 Å². The third-order valence-electron chi connectivity index (χ3n) is 2.31. The first-order valence-electron chi connectivity index (χ1n) is 4.87. The number of aliphatic carboxylic acids is 1. The van der Waals surface area contributed by atoms with Crippen molar-refractivity contribution in [3.63, 3.8) is 0 Å². The molecule has 0 aliphatic carbocycles. The minimum absolute atomic E-state index is 0.442. The summed E-state index contributed by atoms with van der Waals surface area (Å²) < 4.78 is 0. The predicted octanol–water partition coefficient (Wildman–Crippen LogP) is -0.572. The quantitative estimate of drug-likeness (QED) is 0.584. The van der Waals surface area contributed by atoms with E-state index in [9.17, 15) is 9.59 Å². The molecule has 0 aliphatic rings. The van der Waals surface area contributed by atoms with Gasteiger partial charge in [0.25, 0.3) is 5.91 Å². The lowest BCUT2D eigenvalue weighted by atomic mass is 10.2.